The summed E-state index contributed by atoms with van der Waals surface area (Å²) in [4.78, 5) is 17.6. The zero-order valence-electron chi connectivity index (χ0n) is 33.5. The average molecular weight is 755 g/mol. The topological polar surface area (TPSA) is 50.7 Å². The van der Waals surface area contributed by atoms with E-state index in [0.717, 1.165) is 57.9 Å². The van der Waals surface area contributed by atoms with Gasteiger partial charge in [-0.2, -0.15) is 0 Å². The SMILES string of the molecule is C=C/C=C(\C=C/C)C1=NC(c2ccnc(-n3c4c(c5cc6c7ccccc7n(-c7ccc8ccccc8c7)c6cc53)=CCCC=4)c2)N(C)C(c2ccccc2)=N1.CC. The monoisotopic (exact) mass is 754 g/mol. The number of aromatic nitrogens is 3. The molecule has 8 aromatic rings. The summed E-state index contributed by atoms with van der Waals surface area (Å²) in [6.45, 7) is 9.98. The van der Waals surface area contributed by atoms with E-state index in [-0.39, 0.29) is 6.17 Å². The van der Waals surface area contributed by atoms with Crippen LogP contribution < -0.4 is 10.6 Å². The van der Waals surface area contributed by atoms with Crippen molar-refractivity contribution >= 4 is 67.3 Å². The number of amidine groups is 2. The smallest absolute Gasteiger partial charge is 0.159 e. The Morgan fingerprint density at radius 1 is 0.724 bits per heavy atom. The van der Waals surface area contributed by atoms with Gasteiger partial charge in [-0.05, 0) is 73.0 Å². The molecular formula is C52H46N6. The lowest BCUT2D eigenvalue weighted by molar-refractivity contribution is 0.382. The van der Waals surface area contributed by atoms with Crippen molar-refractivity contribution in [1.82, 2.24) is 19.0 Å². The number of hydrogen-bond donors (Lipinski definition) is 0. The molecule has 1 atom stereocenters. The van der Waals surface area contributed by atoms with Crippen molar-refractivity contribution in [2.75, 3.05) is 7.05 Å². The van der Waals surface area contributed by atoms with E-state index >= 15 is 0 Å². The number of rotatable bonds is 7. The Kier molecular flexibility index (Phi) is 9.76. The van der Waals surface area contributed by atoms with E-state index in [2.05, 4.69) is 143 Å². The molecule has 284 valence electrons. The maximum Gasteiger partial charge on any atom is 0.159 e. The molecule has 0 saturated heterocycles. The van der Waals surface area contributed by atoms with Gasteiger partial charge in [0.1, 0.15) is 11.7 Å². The minimum absolute atomic E-state index is 0.340. The molecule has 0 saturated carbocycles. The van der Waals surface area contributed by atoms with Crippen molar-refractivity contribution in [3.05, 3.63) is 186 Å². The van der Waals surface area contributed by atoms with E-state index in [0.29, 0.717) is 5.84 Å². The Bertz CT molecular complexity index is 3140. The van der Waals surface area contributed by atoms with E-state index in [4.69, 9.17) is 15.0 Å². The van der Waals surface area contributed by atoms with Crippen LogP contribution in [0.5, 0.6) is 0 Å². The Morgan fingerprint density at radius 3 is 2.31 bits per heavy atom. The van der Waals surface area contributed by atoms with E-state index in [1.807, 2.05) is 63.4 Å². The van der Waals surface area contributed by atoms with Crippen LogP contribution in [0.1, 0.15) is 50.9 Å². The summed E-state index contributed by atoms with van der Waals surface area (Å²) >= 11 is 0. The molecule has 58 heavy (non-hydrogen) atoms. The van der Waals surface area contributed by atoms with Crippen molar-refractivity contribution in [1.29, 1.82) is 0 Å². The van der Waals surface area contributed by atoms with Crippen molar-refractivity contribution in [3.8, 4) is 11.5 Å². The molecule has 3 aromatic heterocycles. The van der Waals surface area contributed by atoms with Gasteiger partial charge in [0.15, 0.2) is 12.0 Å². The molecule has 1 aliphatic carbocycles. The molecular weight excluding hydrogens is 709 g/mol. The molecule has 6 heteroatoms. The van der Waals surface area contributed by atoms with Gasteiger partial charge in [0.2, 0.25) is 0 Å². The lowest BCUT2D eigenvalue weighted by Gasteiger charge is -2.32. The van der Waals surface area contributed by atoms with Crippen LogP contribution in [0.2, 0.25) is 0 Å². The van der Waals surface area contributed by atoms with Crippen LogP contribution >= 0.6 is 0 Å². The van der Waals surface area contributed by atoms with E-state index in [1.54, 1.807) is 6.08 Å². The highest BCUT2D eigenvalue weighted by molar-refractivity contribution is 6.15. The van der Waals surface area contributed by atoms with Gasteiger partial charge in [0.25, 0.3) is 0 Å². The number of para-hydroxylation sites is 1. The molecule has 0 N–H and O–H groups in total. The minimum Gasteiger partial charge on any atom is -0.333 e. The molecule has 0 radical (unpaired) electrons. The van der Waals surface area contributed by atoms with Gasteiger partial charge in [0, 0.05) is 57.0 Å². The van der Waals surface area contributed by atoms with E-state index in [9.17, 15) is 0 Å². The molecule has 0 bridgehead atoms. The van der Waals surface area contributed by atoms with Crippen LogP contribution in [-0.2, 0) is 0 Å². The maximum atomic E-state index is 5.28. The fraction of sp³-hybridized carbons (Fsp3) is 0.135. The maximum absolute atomic E-state index is 5.28. The second-order valence-electron chi connectivity index (χ2n) is 14.4. The molecule has 0 amide bonds. The van der Waals surface area contributed by atoms with Crippen molar-refractivity contribution in [2.45, 2.75) is 39.8 Å². The van der Waals surface area contributed by atoms with E-state index in [1.165, 1.54) is 43.0 Å². The fourth-order valence-corrected chi connectivity index (χ4v) is 8.54. The first-order valence-electron chi connectivity index (χ1n) is 20.3. The normalized spacial score (nSPS) is 15.5. The highest BCUT2D eigenvalue weighted by Crippen LogP contribution is 2.36. The summed E-state index contributed by atoms with van der Waals surface area (Å²) in [5.41, 5.74) is 7.59. The van der Waals surface area contributed by atoms with Gasteiger partial charge in [-0.1, -0.05) is 136 Å². The standard InChI is InChI=1S/C50H40N6.C2H6/c1-4-15-34(16-5-2)48-52-49(35-18-7-6-8-19-35)54(3)50(53-48)37-27-28-51-47(30-37)56-44-24-14-12-22-40(44)42-31-41-39-21-11-13-23-43(39)55(45(41)32-46(42)56)38-26-25-33-17-9-10-20-36(33)29-38;1-2/h4-11,13,15-32,50H,1,12,14H2,2-3H3;1-2H3/b16-5-,34-15+;. The third kappa shape index (κ3) is 6.18. The third-order valence-corrected chi connectivity index (χ3v) is 11.1. The Labute approximate surface area is 339 Å². The molecule has 1 aliphatic heterocycles. The fourth-order valence-electron chi connectivity index (χ4n) is 8.54. The first-order valence-corrected chi connectivity index (χ1v) is 20.3. The number of benzene rings is 5. The van der Waals surface area contributed by atoms with E-state index < -0.39 is 0 Å². The molecule has 4 heterocycles. The number of nitrogens with zero attached hydrogens (tertiary/aromatic N) is 6. The molecule has 0 spiro atoms. The Morgan fingerprint density at radius 2 is 1.48 bits per heavy atom. The first-order chi connectivity index (χ1) is 28.6. The summed E-state index contributed by atoms with van der Waals surface area (Å²) in [5, 5.41) is 8.62. The minimum atomic E-state index is -0.340. The second-order valence-corrected chi connectivity index (χ2v) is 14.4. The zero-order valence-corrected chi connectivity index (χ0v) is 33.5. The van der Waals surface area contributed by atoms with Crippen LogP contribution in [0.25, 0.3) is 67.1 Å². The van der Waals surface area contributed by atoms with Crippen LogP contribution in [0.4, 0.5) is 0 Å². The second kappa shape index (κ2) is 15.5. The Hall–Kier alpha value is -7.05. The largest absolute Gasteiger partial charge is 0.333 e. The van der Waals surface area contributed by atoms with Crippen LogP contribution in [0, 0.1) is 0 Å². The van der Waals surface area contributed by atoms with Crippen molar-refractivity contribution < 1.29 is 0 Å². The molecule has 1 unspecified atom stereocenters. The number of fused-ring (bicyclic) bond motifs is 7. The summed E-state index contributed by atoms with van der Waals surface area (Å²) in [5.74, 6) is 2.38. The molecule has 0 fully saturated rings. The Balaban J connectivity index is 0.00000215. The molecule has 6 nitrogen and oxygen atoms in total. The summed E-state index contributed by atoms with van der Waals surface area (Å²) in [6.07, 6.45) is 16.1. The quantitative estimate of drug-likeness (QED) is 0.152. The molecule has 5 aromatic carbocycles. The van der Waals surface area contributed by atoms with Gasteiger partial charge in [-0.15, -0.1) is 0 Å². The highest BCUT2D eigenvalue weighted by atomic mass is 15.3. The number of pyridine rings is 1. The van der Waals surface area contributed by atoms with Crippen molar-refractivity contribution in [2.24, 2.45) is 9.98 Å². The zero-order chi connectivity index (χ0) is 39.8. The third-order valence-electron chi connectivity index (χ3n) is 11.1. The number of hydrogen-bond acceptors (Lipinski definition) is 4. The molecule has 2 aliphatic rings. The van der Waals surface area contributed by atoms with Gasteiger partial charge in [-0.3, -0.25) is 4.57 Å². The van der Waals surface area contributed by atoms with Crippen LogP contribution in [0.15, 0.2) is 174 Å². The van der Waals surface area contributed by atoms with Crippen molar-refractivity contribution in [3.63, 3.8) is 0 Å². The number of allylic oxidation sites excluding steroid dienone is 3. The summed E-state index contributed by atoms with van der Waals surface area (Å²) in [6, 6.07) is 43.5. The first kappa shape index (κ1) is 36.6. The summed E-state index contributed by atoms with van der Waals surface area (Å²) < 4.78 is 4.77. The average Bonchev–Trinajstić information content (AvgIpc) is 3.78. The van der Waals surface area contributed by atoms with Gasteiger partial charge in [-0.25, -0.2) is 15.0 Å². The predicted octanol–water partition coefficient (Wildman–Crippen LogP) is 11.1. The van der Waals surface area contributed by atoms with Gasteiger partial charge >= 0.3 is 0 Å². The number of aliphatic imine (C=N–C) groups is 2. The van der Waals surface area contributed by atoms with Crippen LogP contribution in [0.3, 0.4) is 0 Å². The van der Waals surface area contributed by atoms with Gasteiger partial charge < -0.3 is 9.47 Å². The predicted molar refractivity (Wildman–Crippen MR) is 246 cm³/mol. The van der Waals surface area contributed by atoms with Gasteiger partial charge in [0.05, 0.1) is 21.9 Å². The lowest BCUT2D eigenvalue weighted by Crippen LogP contribution is -2.36. The molecule has 10 rings (SSSR count). The summed E-state index contributed by atoms with van der Waals surface area (Å²) in [7, 11) is 2.07. The van der Waals surface area contributed by atoms with Crippen LogP contribution in [-0.4, -0.2) is 37.7 Å². The lowest BCUT2D eigenvalue weighted by atomic mass is 10.1. The highest BCUT2D eigenvalue weighted by Gasteiger charge is 2.28.